The minimum absolute atomic E-state index is 0. The Hall–Kier alpha value is -2.08. The van der Waals surface area contributed by atoms with E-state index in [1.54, 1.807) is 7.11 Å². The quantitative estimate of drug-likeness (QED) is 0.767. The van der Waals surface area contributed by atoms with Crippen LogP contribution in [0.25, 0.3) is 0 Å². The van der Waals surface area contributed by atoms with E-state index >= 15 is 0 Å². The zero-order valence-corrected chi connectivity index (χ0v) is 14.4. The molecule has 1 atom stereocenters. The molecule has 0 saturated heterocycles. The van der Waals surface area contributed by atoms with Gasteiger partial charge < -0.3 is 20.5 Å². The summed E-state index contributed by atoms with van der Waals surface area (Å²) in [5.41, 5.74) is 6.43. The SMILES string of the molecule is COC(CN)CC(=O)NCc1ccccc1Oc1ccccc1.Cl. The molecule has 1 unspecified atom stereocenters. The summed E-state index contributed by atoms with van der Waals surface area (Å²) in [6.45, 7) is 0.709. The topological polar surface area (TPSA) is 73.6 Å². The monoisotopic (exact) mass is 350 g/mol. The minimum Gasteiger partial charge on any atom is -0.457 e. The Balaban J connectivity index is 0.00000288. The molecule has 0 bridgehead atoms. The summed E-state index contributed by atoms with van der Waals surface area (Å²) in [5, 5.41) is 2.87. The van der Waals surface area contributed by atoms with E-state index in [0.717, 1.165) is 17.1 Å². The second-order valence-electron chi connectivity index (χ2n) is 5.10. The molecule has 2 aromatic carbocycles. The van der Waals surface area contributed by atoms with Crippen LogP contribution in [0.4, 0.5) is 0 Å². The molecule has 0 fully saturated rings. The number of methoxy groups -OCH3 is 1. The number of ether oxygens (including phenoxy) is 2. The van der Waals surface area contributed by atoms with Crippen LogP contribution >= 0.6 is 12.4 Å². The summed E-state index contributed by atoms with van der Waals surface area (Å²) < 4.78 is 11.0. The molecule has 0 saturated carbocycles. The van der Waals surface area contributed by atoms with Crippen LogP contribution < -0.4 is 15.8 Å². The number of carbonyl (C=O) groups excluding carboxylic acids is 1. The highest BCUT2D eigenvalue weighted by atomic mass is 35.5. The van der Waals surface area contributed by atoms with Gasteiger partial charge in [0, 0.05) is 25.8 Å². The summed E-state index contributed by atoms with van der Waals surface area (Å²) in [5.74, 6) is 1.38. The Labute approximate surface area is 148 Å². The Morgan fingerprint density at radius 1 is 1.12 bits per heavy atom. The van der Waals surface area contributed by atoms with E-state index < -0.39 is 0 Å². The Morgan fingerprint density at radius 2 is 1.79 bits per heavy atom. The van der Waals surface area contributed by atoms with Gasteiger partial charge in [-0.1, -0.05) is 36.4 Å². The van der Waals surface area contributed by atoms with Gasteiger partial charge in [-0.15, -0.1) is 12.4 Å². The maximum absolute atomic E-state index is 11.9. The molecule has 0 spiro atoms. The largest absolute Gasteiger partial charge is 0.457 e. The molecule has 0 radical (unpaired) electrons. The zero-order valence-electron chi connectivity index (χ0n) is 13.6. The van der Waals surface area contributed by atoms with E-state index in [0.29, 0.717) is 13.1 Å². The second-order valence-corrected chi connectivity index (χ2v) is 5.10. The molecule has 0 aliphatic heterocycles. The van der Waals surface area contributed by atoms with Gasteiger partial charge in [0.25, 0.3) is 0 Å². The van der Waals surface area contributed by atoms with Crippen molar-refractivity contribution in [1.82, 2.24) is 5.32 Å². The summed E-state index contributed by atoms with van der Waals surface area (Å²) in [7, 11) is 1.55. The van der Waals surface area contributed by atoms with E-state index in [1.807, 2.05) is 54.6 Å². The molecule has 0 aliphatic rings. The van der Waals surface area contributed by atoms with Crippen molar-refractivity contribution in [3.8, 4) is 11.5 Å². The standard InChI is InChI=1S/C18H22N2O3.ClH/c1-22-16(12-19)11-18(21)20-13-14-7-5-6-10-17(14)23-15-8-3-2-4-9-15;/h2-10,16H,11-13,19H2,1H3,(H,20,21);1H. The van der Waals surface area contributed by atoms with Crippen molar-refractivity contribution in [1.29, 1.82) is 0 Å². The fourth-order valence-corrected chi connectivity index (χ4v) is 2.10. The molecule has 0 aliphatic carbocycles. The molecular weight excluding hydrogens is 328 g/mol. The molecule has 2 rings (SSSR count). The normalized spacial score (nSPS) is 11.2. The van der Waals surface area contributed by atoms with E-state index in [-0.39, 0.29) is 30.8 Å². The van der Waals surface area contributed by atoms with Gasteiger partial charge in [-0.25, -0.2) is 0 Å². The number of carbonyl (C=O) groups is 1. The van der Waals surface area contributed by atoms with Crippen molar-refractivity contribution in [3.05, 3.63) is 60.2 Å². The Bertz CT molecular complexity index is 619. The number of halogens is 1. The van der Waals surface area contributed by atoms with E-state index in [2.05, 4.69) is 5.32 Å². The van der Waals surface area contributed by atoms with Crippen LogP contribution in [0.1, 0.15) is 12.0 Å². The number of nitrogens with two attached hydrogens (primary N) is 1. The predicted octanol–water partition coefficient (Wildman–Crippen LogP) is 2.88. The number of amides is 1. The highest BCUT2D eigenvalue weighted by molar-refractivity contribution is 5.85. The molecule has 24 heavy (non-hydrogen) atoms. The summed E-state index contributed by atoms with van der Waals surface area (Å²) >= 11 is 0. The van der Waals surface area contributed by atoms with Crippen molar-refractivity contribution in [2.75, 3.05) is 13.7 Å². The first-order valence-corrected chi connectivity index (χ1v) is 7.53. The lowest BCUT2D eigenvalue weighted by Gasteiger charge is -2.14. The number of rotatable bonds is 8. The zero-order chi connectivity index (χ0) is 16.5. The van der Waals surface area contributed by atoms with Crippen LogP contribution in [-0.2, 0) is 16.1 Å². The van der Waals surface area contributed by atoms with Crippen LogP contribution in [0, 0.1) is 0 Å². The Morgan fingerprint density at radius 3 is 2.46 bits per heavy atom. The van der Waals surface area contributed by atoms with Gasteiger partial charge in [0.05, 0.1) is 12.5 Å². The van der Waals surface area contributed by atoms with Crippen LogP contribution in [0.3, 0.4) is 0 Å². The smallest absolute Gasteiger partial charge is 0.222 e. The van der Waals surface area contributed by atoms with E-state index in [9.17, 15) is 4.79 Å². The van der Waals surface area contributed by atoms with Crippen molar-refractivity contribution < 1.29 is 14.3 Å². The molecule has 6 heteroatoms. The van der Waals surface area contributed by atoms with Crippen LogP contribution in [-0.4, -0.2) is 25.7 Å². The van der Waals surface area contributed by atoms with Crippen LogP contribution in [0.2, 0.25) is 0 Å². The van der Waals surface area contributed by atoms with Crippen LogP contribution in [0.15, 0.2) is 54.6 Å². The molecule has 0 heterocycles. The van der Waals surface area contributed by atoms with Gasteiger partial charge in [0.1, 0.15) is 11.5 Å². The van der Waals surface area contributed by atoms with Gasteiger partial charge in [-0.05, 0) is 18.2 Å². The van der Waals surface area contributed by atoms with Crippen molar-refractivity contribution in [2.24, 2.45) is 5.73 Å². The lowest BCUT2D eigenvalue weighted by atomic mass is 10.2. The first-order valence-electron chi connectivity index (χ1n) is 7.53. The maximum Gasteiger partial charge on any atom is 0.222 e. The fourth-order valence-electron chi connectivity index (χ4n) is 2.10. The van der Waals surface area contributed by atoms with Gasteiger partial charge in [-0.3, -0.25) is 4.79 Å². The number of nitrogens with one attached hydrogen (secondary N) is 1. The lowest BCUT2D eigenvalue weighted by Crippen LogP contribution is -2.31. The molecular formula is C18H23ClN2O3. The minimum atomic E-state index is -0.259. The second kappa shape index (κ2) is 10.6. The average molecular weight is 351 g/mol. The molecule has 3 N–H and O–H groups in total. The molecule has 130 valence electrons. The lowest BCUT2D eigenvalue weighted by molar-refractivity contribution is -0.123. The molecule has 1 amide bonds. The fraction of sp³-hybridized carbons (Fsp3) is 0.278. The summed E-state index contributed by atoms with van der Waals surface area (Å²) in [6.07, 6.45) is -0.0138. The third-order valence-electron chi connectivity index (χ3n) is 3.43. The molecule has 5 nitrogen and oxygen atoms in total. The van der Waals surface area contributed by atoms with Crippen molar-refractivity contribution in [2.45, 2.75) is 19.1 Å². The average Bonchev–Trinajstić information content (AvgIpc) is 2.60. The summed E-state index contributed by atoms with van der Waals surface area (Å²) in [4.78, 5) is 11.9. The third kappa shape index (κ3) is 6.20. The maximum atomic E-state index is 11.9. The van der Waals surface area contributed by atoms with Gasteiger partial charge in [-0.2, -0.15) is 0 Å². The van der Waals surface area contributed by atoms with Gasteiger partial charge in [0.15, 0.2) is 0 Å². The first-order chi connectivity index (χ1) is 11.2. The van der Waals surface area contributed by atoms with E-state index in [4.69, 9.17) is 15.2 Å². The number of hydrogen-bond donors (Lipinski definition) is 2. The molecule has 0 aromatic heterocycles. The summed E-state index contributed by atoms with van der Waals surface area (Å²) in [6, 6.07) is 17.2. The first kappa shape index (κ1) is 20.0. The van der Waals surface area contributed by atoms with Crippen LogP contribution in [0.5, 0.6) is 11.5 Å². The Kier molecular flexibility index (Phi) is 8.86. The number of para-hydroxylation sites is 2. The highest BCUT2D eigenvalue weighted by Crippen LogP contribution is 2.24. The van der Waals surface area contributed by atoms with Crippen molar-refractivity contribution in [3.63, 3.8) is 0 Å². The van der Waals surface area contributed by atoms with Crippen molar-refractivity contribution >= 4 is 18.3 Å². The van der Waals surface area contributed by atoms with Gasteiger partial charge in [0.2, 0.25) is 5.91 Å². The van der Waals surface area contributed by atoms with E-state index in [1.165, 1.54) is 0 Å². The third-order valence-corrected chi connectivity index (χ3v) is 3.43. The number of benzene rings is 2. The predicted molar refractivity (Wildman–Crippen MR) is 96.5 cm³/mol. The highest BCUT2D eigenvalue weighted by Gasteiger charge is 2.12. The number of hydrogen-bond acceptors (Lipinski definition) is 4. The molecule has 2 aromatic rings. The van der Waals surface area contributed by atoms with Gasteiger partial charge >= 0.3 is 0 Å².